The van der Waals surface area contributed by atoms with Crippen LogP contribution in [0.15, 0.2) is 83.9 Å². The van der Waals surface area contributed by atoms with Gasteiger partial charge in [0.15, 0.2) is 17.2 Å². The third kappa shape index (κ3) is 4.57. The molecule has 1 unspecified atom stereocenters. The van der Waals surface area contributed by atoms with Crippen LogP contribution in [0.5, 0.6) is 5.75 Å². The standard InChI is InChI=1S/C31H28FN7O2/c1-4-24(29-36-23-13-9-8-12-21(23)31(40)38(29)20-10-6-5-7-11-20)39-30-26(28(33)34-17-35-30)27(37-39)19-14-15-25(22(32)16-19)41-18(2)3/h5-18,24H,4H2,1-3H3,(H2,33,34,35). The number of ether oxygens (including phenoxy) is 1. The fourth-order valence-corrected chi connectivity index (χ4v) is 5.08. The first-order valence-electron chi connectivity index (χ1n) is 13.4. The molecule has 0 aliphatic carbocycles. The van der Waals surface area contributed by atoms with Gasteiger partial charge in [-0.1, -0.05) is 37.3 Å². The molecule has 0 spiro atoms. The van der Waals surface area contributed by atoms with E-state index in [4.69, 9.17) is 20.6 Å². The number of nitrogens with zero attached hydrogens (tertiary/aromatic N) is 6. The Morgan fingerprint density at radius 2 is 1.76 bits per heavy atom. The van der Waals surface area contributed by atoms with Gasteiger partial charge in [0, 0.05) is 5.56 Å². The van der Waals surface area contributed by atoms with E-state index in [-0.39, 0.29) is 23.2 Å². The second-order valence-electron chi connectivity index (χ2n) is 9.95. The maximum atomic E-state index is 15.1. The number of para-hydroxylation sites is 2. The maximum absolute atomic E-state index is 15.1. The van der Waals surface area contributed by atoms with Gasteiger partial charge >= 0.3 is 0 Å². The van der Waals surface area contributed by atoms with Crippen LogP contribution in [0.4, 0.5) is 10.2 Å². The van der Waals surface area contributed by atoms with Crippen LogP contribution in [0.3, 0.4) is 0 Å². The minimum atomic E-state index is -0.522. The zero-order valence-corrected chi connectivity index (χ0v) is 22.8. The molecule has 6 aromatic rings. The van der Waals surface area contributed by atoms with Gasteiger partial charge in [-0.25, -0.2) is 24.0 Å². The summed E-state index contributed by atoms with van der Waals surface area (Å²) in [5.41, 5.74) is 8.77. The van der Waals surface area contributed by atoms with Crippen molar-refractivity contribution in [3.8, 4) is 22.7 Å². The molecule has 1 atom stereocenters. The number of benzene rings is 3. The van der Waals surface area contributed by atoms with Crippen LogP contribution in [0.25, 0.3) is 38.9 Å². The first-order valence-corrected chi connectivity index (χ1v) is 13.4. The average Bonchev–Trinajstić information content (AvgIpc) is 3.36. The van der Waals surface area contributed by atoms with Crippen molar-refractivity contribution >= 4 is 27.8 Å². The van der Waals surface area contributed by atoms with E-state index >= 15 is 4.39 Å². The summed E-state index contributed by atoms with van der Waals surface area (Å²) < 4.78 is 24.0. The van der Waals surface area contributed by atoms with E-state index in [9.17, 15) is 4.79 Å². The Morgan fingerprint density at radius 1 is 1.00 bits per heavy atom. The third-order valence-electron chi connectivity index (χ3n) is 6.88. The van der Waals surface area contributed by atoms with Crippen LogP contribution in [0, 0.1) is 5.82 Å². The smallest absolute Gasteiger partial charge is 0.266 e. The van der Waals surface area contributed by atoms with Crippen molar-refractivity contribution in [2.45, 2.75) is 39.3 Å². The topological polar surface area (TPSA) is 114 Å². The molecule has 0 aliphatic heterocycles. The molecule has 2 N–H and O–H groups in total. The summed E-state index contributed by atoms with van der Waals surface area (Å²) in [5, 5.41) is 5.91. The molecule has 0 amide bonds. The lowest BCUT2D eigenvalue weighted by Crippen LogP contribution is -2.28. The van der Waals surface area contributed by atoms with Gasteiger partial charge in [-0.15, -0.1) is 0 Å². The van der Waals surface area contributed by atoms with Crippen LogP contribution in [0.2, 0.25) is 0 Å². The van der Waals surface area contributed by atoms with Crippen molar-refractivity contribution in [1.82, 2.24) is 29.3 Å². The molecule has 0 saturated heterocycles. The molecule has 10 heteroatoms. The molecule has 0 fully saturated rings. The highest BCUT2D eigenvalue weighted by atomic mass is 19.1. The molecular formula is C31H28FN7O2. The van der Waals surface area contributed by atoms with Crippen molar-refractivity contribution in [2.75, 3.05) is 5.73 Å². The molecule has 3 heterocycles. The third-order valence-corrected chi connectivity index (χ3v) is 6.88. The fourth-order valence-electron chi connectivity index (χ4n) is 5.08. The predicted octanol–water partition coefficient (Wildman–Crippen LogP) is 5.70. The lowest BCUT2D eigenvalue weighted by atomic mass is 10.1. The van der Waals surface area contributed by atoms with Crippen molar-refractivity contribution in [3.63, 3.8) is 0 Å². The summed E-state index contributed by atoms with van der Waals surface area (Å²) in [4.78, 5) is 27.6. The minimum absolute atomic E-state index is 0.149. The van der Waals surface area contributed by atoms with Gasteiger partial charge in [0.1, 0.15) is 29.7 Å². The Kier molecular flexibility index (Phi) is 6.66. The molecule has 0 radical (unpaired) electrons. The molecule has 3 aromatic carbocycles. The van der Waals surface area contributed by atoms with Crippen LogP contribution in [-0.4, -0.2) is 35.4 Å². The molecule has 6 rings (SSSR count). The summed E-state index contributed by atoms with van der Waals surface area (Å²) in [6, 6.07) is 20.8. The lowest BCUT2D eigenvalue weighted by molar-refractivity contribution is 0.231. The van der Waals surface area contributed by atoms with E-state index in [1.807, 2.05) is 69.3 Å². The maximum Gasteiger partial charge on any atom is 0.266 e. The van der Waals surface area contributed by atoms with Gasteiger partial charge in [-0.3, -0.25) is 9.36 Å². The van der Waals surface area contributed by atoms with Crippen LogP contribution in [-0.2, 0) is 0 Å². The fraction of sp³-hybridized carbons (Fsp3) is 0.194. The SMILES string of the molecule is CCC(c1nc2ccccc2c(=O)n1-c1ccccc1)n1nc(-c2ccc(OC(C)C)c(F)c2)c2c(N)ncnc21. The first kappa shape index (κ1) is 26.1. The summed E-state index contributed by atoms with van der Waals surface area (Å²) in [7, 11) is 0. The molecule has 9 nitrogen and oxygen atoms in total. The van der Waals surface area contributed by atoms with Gasteiger partial charge in [0.2, 0.25) is 0 Å². The number of nitrogen functional groups attached to an aromatic ring is 1. The van der Waals surface area contributed by atoms with Crippen molar-refractivity contribution in [3.05, 3.63) is 101 Å². The zero-order valence-electron chi connectivity index (χ0n) is 22.8. The highest BCUT2D eigenvalue weighted by Crippen LogP contribution is 2.35. The first-order chi connectivity index (χ1) is 19.9. The Bertz CT molecular complexity index is 1950. The molecule has 0 bridgehead atoms. The minimum Gasteiger partial charge on any atom is -0.488 e. The summed E-state index contributed by atoms with van der Waals surface area (Å²) in [6.07, 6.45) is 1.71. The summed E-state index contributed by atoms with van der Waals surface area (Å²) in [5.74, 6) is 0.328. The Labute approximate surface area is 235 Å². The van der Waals surface area contributed by atoms with Crippen LogP contribution in [0.1, 0.15) is 39.1 Å². The number of rotatable bonds is 7. The molecular weight excluding hydrogens is 521 g/mol. The summed E-state index contributed by atoms with van der Waals surface area (Å²) in [6.45, 7) is 5.65. The van der Waals surface area contributed by atoms with Gasteiger partial charge in [-0.05, 0) is 62.7 Å². The van der Waals surface area contributed by atoms with Gasteiger partial charge in [-0.2, -0.15) is 5.10 Å². The van der Waals surface area contributed by atoms with Crippen molar-refractivity contribution in [1.29, 1.82) is 0 Å². The van der Waals surface area contributed by atoms with E-state index in [2.05, 4.69) is 9.97 Å². The normalized spacial score (nSPS) is 12.3. The van der Waals surface area contributed by atoms with E-state index in [0.717, 1.165) is 0 Å². The van der Waals surface area contributed by atoms with Gasteiger partial charge in [0.25, 0.3) is 5.56 Å². The predicted molar refractivity (Wildman–Crippen MR) is 157 cm³/mol. The van der Waals surface area contributed by atoms with Gasteiger partial charge in [0.05, 0.1) is 28.1 Å². The highest BCUT2D eigenvalue weighted by molar-refractivity contribution is 5.98. The number of halogens is 1. The zero-order chi connectivity index (χ0) is 28.7. The number of hydrogen-bond acceptors (Lipinski definition) is 7. The van der Waals surface area contributed by atoms with Crippen LogP contribution >= 0.6 is 0 Å². The second kappa shape index (κ2) is 10.5. The molecule has 206 valence electrons. The Balaban J connectivity index is 1.61. The van der Waals surface area contributed by atoms with Crippen molar-refractivity contribution < 1.29 is 9.13 Å². The van der Waals surface area contributed by atoms with E-state index in [1.165, 1.54) is 12.4 Å². The average molecular weight is 550 g/mol. The quantitative estimate of drug-likeness (QED) is 0.272. The second-order valence-corrected chi connectivity index (χ2v) is 9.95. The highest BCUT2D eigenvalue weighted by Gasteiger charge is 2.27. The molecule has 0 saturated carbocycles. The Morgan fingerprint density at radius 3 is 2.49 bits per heavy atom. The number of fused-ring (bicyclic) bond motifs is 2. The number of aromatic nitrogens is 6. The van der Waals surface area contributed by atoms with E-state index in [1.54, 1.807) is 27.4 Å². The lowest BCUT2D eigenvalue weighted by Gasteiger charge is -2.21. The van der Waals surface area contributed by atoms with Crippen LogP contribution < -0.4 is 16.0 Å². The van der Waals surface area contributed by atoms with E-state index in [0.29, 0.717) is 51.1 Å². The monoisotopic (exact) mass is 549 g/mol. The molecule has 3 aromatic heterocycles. The van der Waals surface area contributed by atoms with Crippen molar-refractivity contribution in [2.24, 2.45) is 0 Å². The summed E-state index contributed by atoms with van der Waals surface area (Å²) >= 11 is 0. The number of hydrogen-bond donors (Lipinski definition) is 1. The molecule has 41 heavy (non-hydrogen) atoms. The van der Waals surface area contributed by atoms with E-state index < -0.39 is 11.9 Å². The van der Waals surface area contributed by atoms with Gasteiger partial charge < -0.3 is 10.5 Å². The largest absolute Gasteiger partial charge is 0.488 e. The Hall–Kier alpha value is -5.12. The molecule has 0 aliphatic rings. The number of nitrogens with two attached hydrogens (primary N) is 1. The number of anilines is 1.